The van der Waals surface area contributed by atoms with Crippen LogP contribution >= 0.6 is 0 Å². The van der Waals surface area contributed by atoms with E-state index in [1.165, 1.54) is 42.7 Å². The third-order valence-corrected chi connectivity index (χ3v) is 8.08. The van der Waals surface area contributed by atoms with Crippen LogP contribution in [-0.2, 0) is 5.54 Å². The Hall–Kier alpha value is -2.09. The number of aromatic nitrogens is 1. The first-order valence-electron chi connectivity index (χ1n) is 9.07. The molecule has 130 valence electrons. The SMILES string of the molecule is Cc1cc(C)cc(-c2c3ccccc3cc3[se][n+]4c(c23)OCC4(C)C)c1. The van der Waals surface area contributed by atoms with Gasteiger partial charge in [-0.05, 0) is 0 Å². The van der Waals surface area contributed by atoms with Gasteiger partial charge < -0.3 is 0 Å². The zero-order valence-corrected chi connectivity index (χ0v) is 17.3. The van der Waals surface area contributed by atoms with Crippen molar-refractivity contribution >= 4 is 35.2 Å². The van der Waals surface area contributed by atoms with Gasteiger partial charge in [0.2, 0.25) is 0 Å². The Morgan fingerprint density at radius 3 is 2.50 bits per heavy atom. The van der Waals surface area contributed by atoms with E-state index in [9.17, 15) is 0 Å². The van der Waals surface area contributed by atoms with E-state index in [0.717, 1.165) is 12.5 Å². The third-order valence-electron chi connectivity index (χ3n) is 5.22. The fourth-order valence-electron chi connectivity index (χ4n) is 4.10. The summed E-state index contributed by atoms with van der Waals surface area (Å²) in [6, 6.07) is 18.0. The topological polar surface area (TPSA) is 13.1 Å². The number of fused-ring (bicyclic) bond motifs is 4. The Morgan fingerprint density at radius 1 is 1.00 bits per heavy atom. The molecular formula is C23H22NOSe+. The molecule has 1 aliphatic heterocycles. The van der Waals surface area contributed by atoms with Crippen molar-refractivity contribution in [3.8, 4) is 17.0 Å². The monoisotopic (exact) mass is 408 g/mol. The molecule has 2 heterocycles. The molecule has 0 unspecified atom stereocenters. The van der Waals surface area contributed by atoms with Crippen LogP contribution in [0.25, 0.3) is 31.5 Å². The van der Waals surface area contributed by atoms with Crippen molar-refractivity contribution in [1.82, 2.24) is 0 Å². The van der Waals surface area contributed by atoms with Crippen LogP contribution in [0.1, 0.15) is 25.0 Å². The average molecular weight is 407 g/mol. The molecule has 4 aromatic rings. The Bertz CT molecular complexity index is 1170. The predicted octanol–water partition coefficient (Wildman–Crippen LogP) is 4.75. The summed E-state index contributed by atoms with van der Waals surface area (Å²) >= 11 is 0.266. The Kier molecular flexibility index (Phi) is 3.38. The van der Waals surface area contributed by atoms with Gasteiger partial charge in [0.15, 0.2) is 0 Å². The zero-order valence-electron chi connectivity index (χ0n) is 15.6. The Balaban J connectivity index is 1.98. The molecule has 0 atom stereocenters. The molecule has 0 fully saturated rings. The second kappa shape index (κ2) is 5.45. The van der Waals surface area contributed by atoms with Crippen molar-refractivity contribution in [3.63, 3.8) is 0 Å². The normalized spacial score (nSPS) is 15.4. The molecule has 26 heavy (non-hydrogen) atoms. The summed E-state index contributed by atoms with van der Waals surface area (Å²) in [6.45, 7) is 9.69. The molecule has 0 spiro atoms. The molecule has 0 radical (unpaired) electrons. The zero-order chi connectivity index (χ0) is 18.1. The van der Waals surface area contributed by atoms with E-state index in [2.05, 4.69) is 79.8 Å². The molecule has 1 aromatic heterocycles. The van der Waals surface area contributed by atoms with Crippen molar-refractivity contribution < 1.29 is 8.30 Å². The Labute approximate surface area is 160 Å². The minimum atomic E-state index is 0.0698. The van der Waals surface area contributed by atoms with E-state index in [4.69, 9.17) is 4.74 Å². The van der Waals surface area contributed by atoms with Crippen LogP contribution in [0.2, 0.25) is 0 Å². The van der Waals surface area contributed by atoms with Gasteiger partial charge in [-0.3, -0.25) is 0 Å². The maximum atomic E-state index is 6.25. The van der Waals surface area contributed by atoms with Crippen LogP contribution in [0, 0.1) is 13.8 Å². The van der Waals surface area contributed by atoms with Gasteiger partial charge in [-0.1, -0.05) is 0 Å². The van der Waals surface area contributed by atoms with Gasteiger partial charge in [0.1, 0.15) is 0 Å². The fraction of sp³-hybridized carbons (Fsp3) is 0.261. The van der Waals surface area contributed by atoms with Crippen LogP contribution < -0.4 is 8.30 Å². The summed E-state index contributed by atoms with van der Waals surface area (Å²) in [5.41, 5.74) is 5.32. The summed E-state index contributed by atoms with van der Waals surface area (Å²) in [5.74, 6) is 1.09. The predicted molar refractivity (Wildman–Crippen MR) is 108 cm³/mol. The summed E-state index contributed by atoms with van der Waals surface area (Å²) in [6.07, 6.45) is 0. The quantitative estimate of drug-likeness (QED) is 0.415. The minimum absolute atomic E-state index is 0.0698. The molecule has 0 aliphatic carbocycles. The summed E-state index contributed by atoms with van der Waals surface area (Å²) in [5, 5.41) is 3.95. The number of hydrogen-bond acceptors (Lipinski definition) is 1. The number of hydrogen-bond donors (Lipinski definition) is 0. The van der Waals surface area contributed by atoms with Crippen LogP contribution in [0.5, 0.6) is 5.88 Å². The molecule has 3 heteroatoms. The van der Waals surface area contributed by atoms with Gasteiger partial charge in [0, 0.05) is 0 Å². The van der Waals surface area contributed by atoms with Crippen LogP contribution in [-0.4, -0.2) is 21.3 Å². The van der Waals surface area contributed by atoms with Gasteiger partial charge in [-0.25, -0.2) is 0 Å². The summed E-state index contributed by atoms with van der Waals surface area (Å²) in [7, 11) is 0. The second-order valence-corrected chi connectivity index (χ2v) is 10.1. The summed E-state index contributed by atoms with van der Waals surface area (Å²) in [4.78, 5) is 0. The number of ether oxygens (including phenoxy) is 1. The van der Waals surface area contributed by atoms with E-state index in [-0.39, 0.29) is 20.3 Å². The first-order chi connectivity index (χ1) is 12.4. The van der Waals surface area contributed by atoms with E-state index < -0.39 is 0 Å². The third kappa shape index (κ3) is 2.27. The molecule has 0 saturated carbocycles. The van der Waals surface area contributed by atoms with Crippen molar-refractivity contribution in [2.75, 3.05) is 6.61 Å². The molecule has 0 bridgehead atoms. The Morgan fingerprint density at radius 2 is 1.73 bits per heavy atom. The van der Waals surface area contributed by atoms with Gasteiger partial charge in [0.05, 0.1) is 0 Å². The van der Waals surface area contributed by atoms with Gasteiger partial charge in [-0.15, -0.1) is 0 Å². The summed E-state index contributed by atoms with van der Waals surface area (Å²) < 4.78 is 10.2. The van der Waals surface area contributed by atoms with E-state index in [1.54, 1.807) is 0 Å². The number of rotatable bonds is 1. The van der Waals surface area contributed by atoms with Crippen molar-refractivity contribution in [2.24, 2.45) is 0 Å². The molecule has 3 aromatic carbocycles. The van der Waals surface area contributed by atoms with Gasteiger partial charge in [0.25, 0.3) is 0 Å². The molecule has 2 nitrogen and oxygen atoms in total. The van der Waals surface area contributed by atoms with Crippen LogP contribution in [0.3, 0.4) is 0 Å². The van der Waals surface area contributed by atoms with Crippen LogP contribution in [0.15, 0.2) is 48.5 Å². The molecule has 0 amide bonds. The number of aryl methyl sites for hydroxylation is 2. The second-order valence-electron chi connectivity index (χ2n) is 8.01. The first kappa shape index (κ1) is 16.1. The van der Waals surface area contributed by atoms with Gasteiger partial charge >= 0.3 is 160 Å². The number of nitrogens with zero attached hydrogens (tertiary/aromatic N) is 1. The first-order valence-corrected chi connectivity index (χ1v) is 10.7. The van der Waals surface area contributed by atoms with Crippen LogP contribution in [0.4, 0.5) is 0 Å². The molecular weight excluding hydrogens is 385 g/mol. The average Bonchev–Trinajstić information content (AvgIpc) is 3.09. The van der Waals surface area contributed by atoms with E-state index >= 15 is 0 Å². The number of benzene rings is 3. The maximum absolute atomic E-state index is 6.25. The molecule has 5 rings (SSSR count). The standard InChI is InChI=1S/C23H22NOSe/c1-14-9-15(2)11-17(10-14)20-18-8-6-5-7-16(18)12-19-21(20)22-24(26-19)23(3,4)13-25-22/h5-12H,13H2,1-4H3/q+1. The van der Waals surface area contributed by atoms with E-state index in [0.29, 0.717) is 0 Å². The van der Waals surface area contributed by atoms with E-state index in [1.807, 2.05) is 0 Å². The molecule has 1 aliphatic rings. The molecule has 0 N–H and O–H groups in total. The van der Waals surface area contributed by atoms with Crippen molar-refractivity contribution in [3.05, 3.63) is 59.7 Å². The molecule has 0 saturated heterocycles. The van der Waals surface area contributed by atoms with Crippen molar-refractivity contribution in [2.45, 2.75) is 33.2 Å². The van der Waals surface area contributed by atoms with Crippen molar-refractivity contribution in [1.29, 1.82) is 0 Å². The fourth-order valence-corrected chi connectivity index (χ4v) is 6.58. The van der Waals surface area contributed by atoms with Gasteiger partial charge in [-0.2, -0.15) is 0 Å².